The normalized spacial score (nSPS) is 12.1. The van der Waals surface area contributed by atoms with Crippen molar-refractivity contribution in [2.75, 3.05) is 6.54 Å². The number of unbranched alkanes of at least 4 members (excludes halogenated alkanes) is 1. The Morgan fingerprint density at radius 1 is 1.42 bits per heavy atom. The molecule has 0 bridgehead atoms. The van der Waals surface area contributed by atoms with Gasteiger partial charge < -0.3 is 22.0 Å². The lowest BCUT2D eigenvalue weighted by Gasteiger charge is -2.01. The van der Waals surface area contributed by atoms with Crippen LogP contribution in [0, 0.1) is 0 Å². The van der Waals surface area contributed by atoms with Gasteiger partial charge in [-0.3, -0.25) is 4.99 Å². The van der Waals surface area contributed by atoms with Gasteiger partial charge in [-0.2, -0.15) is 0 Å². The van der Waals surface area contributed by atoms with Gasteiger partial charge in [-0.15, -0.1) is 0 Å². The minimum atomic E-state index is -0.343. The van der Waals surface area contributed by atoms with Gasteiger partial charge in [-0.05, 0) is 19.3 Å². The fourth-order valence-electron chi connectivity index (χ4n) is 0.768. The molecule has 12 heavy (non-hydrogen) atoms. The van der Waals surface area contributed by atoms with E-state index in [1.807, 2.05) is 0 Å². The molecule has 0 aromatic carbocycles. The SMILES string of the molecule is NC(N)=NCCCC[C@@H](N)C=O. The lowest BCUT2D eigenvalue weighted by Crippen LogP contribution is -2.23. The summed E-state index contributed by atoms with van der Waals surface area (Å²) in [7, 11) is 0. The predicted molar refractivity (Wildman–Crippen MR) is 48.6 cm³/mol. The smallest absolute Gasteiger partial charge is 0.185 e. The maximum atomic E-state index is 10.1. The first-order valence-corrected chi connectivity index (χ1v) is 3.93. The third-order valence-corrected chi connectivity index (χ3v) is 1.41. The Labute approximate surface area is 72.0 Å². The Bertz CT molecular complexity index is 153. The minimum absolute atomic E-state index is 0.106. The van der Waals surface area contributed by atoms with Crippen molar-refractivity contribution in [3.05, 3.63) is 0 Å². The number of nitrogens with zero attached hydrogens (tertiary/aromatic N) is 1. The van der Waals surface area contributed by atoms with Crippen LogP contribution in [0.3, 0.4) is 0 Å². The molecule has 0 saturated heterocycles. The Morgan fingerprint density at radius 3 is 2.58 bits per heavy atom. The molecule has 0 spiro atoms. The second kappa shape index (κ2) is 6.60. The van der Waals surface area contributed by atoms with Gasteiger partial charge in [0.1, 0.15) is 6.29 Å². The number of aldehydes is 1. The van der Waals surface area contributed by atoms with Crippen LogP contribution >= 0.6 is 0 Å². The third-order valence-electron chi connectivity index (χ3n) is 1.41. The van der Waals surface area contributed by atoms with Crippen LogP contribution in [0.25, 0.3) is 0 Å². The van der Waals surface area contributed by atoms with Crippen LogP contribution in [-0.2, 0) is 4.79 Å². The number of guanidine groups is 1. The molecule has 0 amide bonds. The van der Waals surface area contributed by atoms with Gasteiger partial charge in [0.2, 0.25) is 0 Å². The van der Waals surface area contributed by atoms with E-state index < -0.39 is 0 Å². The average molecular weight is 172 g/mol. The molecule has 0 fully saturated rings. The second-order valence-corrected chi connectivity index (χ2v) is 2.60. The molecule has 0 aliphatic carbocycles. The zero-order valence-electron chi connectivity index (χ0n) is 7.07. The van der Waals surface area contributed by atoms with Crippen LogP contribution in [-0.4, -0.2) is 24.8 Å². The lowest BCUT2D eigenvalue weighted by molar-refractivity contribution is -0.109. The highest BCUT2D eigenvalue weighted by Crippen LogP contribution is 1.97. The number of carbonyl (C=O) groups excluding carboxylic acids is 1. The summed E-state index contributed by atoms with van der Waals surface area (Å²) < 4.78 is 0. The van der Waals surface area contributed by atoms with Crippen molar-refractivity contribution in [3.8, 4) is 0 Å². The molecule has 0 aliphatic rings. The first-order chi connectivity index (χ1) is 5.66. The van der Waals surface area contributed by atoms with Crippen molar-refractivity contribution >= 4 is 12.2 Å². The molecule has 0 aliphatic heterocycles. The van der Waals surface area contributed by atoms with Gasteiger partial charge in [0.05, 0.1) is 6.04 Å². The Kier molecular flexibility index (Phi) is 6.00. The summed E-state index contributed by atoms with van der Waals surface area (Å²) in [5.74, 6) is 0.106. The molecular formula is C7H16N4O. The molecule has 0 radical (unpaired) electrons. The summed E-state index contributed by atoms with van der Waals surface area (Å²) in [6, 6.07) is -0.343. The van der Waals surface area contributed by atoms with Gasteiger partial charge in [-0.1, -0.05) is 0 Å². The standard InChI is InChI=1S/C7H16N4O/c8-6(5-12)3-1-2-4-11-7(9)10/h5-6H,1-4,8H2,(H4,9,10,11)/t6-/m1/s1. The summed E-state index contributed by atoms with van der Waals surface area (Å²) in [4.78, 5) is 13.9. The molecule has 0 heterocycles. The zero-order valence-corrected chi connectivity index (χ0v) is 7.07. The van der Waals surface area contributed by atoms with Crippen molar-refractivity contribution in [2.45, 2.75) is 25.3 Å². The molecule has 0 aromatic heterocycles. The summed E-state index contributed by atoms with van der Waals surface area (Å²) in [5, 5.41) is 0. The summed E-state index contributed by atoms with van der Waals surface area (Å²) in [6.07, 6.45) is 3.18. The van der Waals surface area contributed by atoms with E-state index in [1.165, 1.54) is 0 Å². The first kappa shape index (κ1) is 10.9. The second-order valence-electron chi connectivity index (χ2n) is 2.60. The van der Waals surface area contributed by atoms with Gasteiger partial charge >= 0.3 is 0 Å². The highest BCUT2D eigenvalue weighted by Gasteiger charge is 1.97. The predicted octanol–water partition coefficient (Wildman–Crippen LogP) is -1.04. The highest BCUT2D eigenvalue weighted by molar-refractivity contribution is 5.75. The van der Waals surface area contributed by atoms with Gasteiger partial charge in [-0.25, -0.2) is 0 Å². The van der Waals surface area contributed by atoms with E-state index in [0.29, 0.717) is 13.0 Å². The van der Waals surface area contributed by atoms with Gasteiger partial charge in [0.25, 0.3) is 0 Å². The molecule has 0 rings (SSSR count). The highest BCUT2D eigenvalue weighted by atomic mass is 16.1. The van der Waals surface area contributed by atoms with Crippen LogP contribution in [0.15, 0.2) is 4.99 Å². The van der Waals surface area contributed by atoms with Crippen LogP contribution in [0.1, 0.15) is 19.3 Å². The van der Waals surface area contributed by atoms with E-state index in [2.05, 4.69) is 4.99 Å². The molecule has 70 valence electrons. The number of hydrogen-bond donors (Lipinski definition) is 3. The van der Waals surface area contributed by atoms with E-state index in [1.54, 1.807) is 0 Å². The number of hydrogen-bond acceptors (Lipinski definition) is 3. The van der Waals surface area contributed by atoms with Crippen LogP contribution < -0.4 is 17.2 Å². The van der Waals surface area contributed by atoms with E-state index in [4.69, 9.17) is 17.2 Å². The number of carbonyl (C=O) groups is 1. The molecule has 0 saturated carbocycles. The fourth-order valence-corrected chi connectivity index (χ4v) is 0.768. The number of nitrogens with two attached hydrogens (primary N) is 3. The first-order valence-electron chi connectivity index (χ1n) is 3.93. The average Bonchev–Trinajstić information content (AvgIpc) is 2.03. The molecular weight excluding hydrogens is 156 g/mol. The quantitative estimate of drug-likeness (QED) is 0.206. The van der Waals surface area contributed by atoms with Crippen molar-refractivity contribution in [2.24, 2.45) is 22.2 Å². The molecule has 5 heteroatoms. The maximum Gasteiger partial charge on any atom is 0.185 e. The molecule has 1 atom stereocenters. The summed E-state index contributed by atoms with van der Waals surface area (Å²) in [5.41, 5.74) is 15.6. The largest absolute Gasteiger partial charge is 0.370 e. The van der Waals surface area contributed by atoms with Crippen molar-refractivity contribution in [1.82, 2.24) is 0 Å². The summed E-state index contributed by atoms with van der Waals surface area (Å²) >= 11 is 0. The van der Waals surface area contributed by atoms with Gasteiger partial charge in [0, 0.05) is 6.54 Å². The molecule has 0 aromatic rings. The summed E-state index contributed by atoms with van der Waals surface area (Å²) in [6.45, 7) is 0.605. The van der Waals surface area contributed by atoms with E-state index in [0.717, 1.165) is 19.1 Å². The van der Waals surface area contributed by atoms with Crippen molar-refractivity contribution in [1.29, 1.82) is 0 Å². The van der Waals surface area contributed by atoms with E-state index in [9.17, 15) is 4.79 Å². The number of aliphatic imine (C=N–C) groups is 1. The Hall–Kier alpha value is -1.10. The van der Waals surface area contributed by atoms with E-state index in [-0.39, 0.29) is 12.0 Å². The third kappa shape index (κ3) is 7.01. The Balaban J connectivity index is 3.22. The monoisotopic (exact) mass is 172 g/mol. The van der Waals surface area contributed by atoms with Crippen LogP contribution in [0.4, 0.5) is 0 Å². The zero-order chi connectivity index (χ0) is 9.40. The van der Waals surface area contributed by atoms with Crippen LogP contribution in [0.2, 0.25) is 0 Å². The lowest BCUT2D eigenvalue weighted by atomic mass is 10.1. The number of rotatable bonds is 6. The minimum Gasteiger partial charge on any atom is -0.370 e. The van der Waals surface area contributed by atoms with Crippen molar-refractivity contribution in [3.63, 3.8) is 0 Å². The molecule has 5 nitrogen and oxygen atoms in total. The van der Waals surface area contributed by atoms with Crippen molar-refractivity contribution < 1.29 is 4.79 Å². The molecule has 6 N–H and O–H groups in total. The maximum absolute atomic E-state index is 10.1. The van der Waals surface area contributed by atoms with Gasteiger partial charge in [0.15, 0.2) is 5.96 Å². The topological polar surface area (TPSA) is 107 Å². The Morgan fingerprint density at radius 2 is 2.08 bits per heavy atom. The van der Waals surface area contributed by atoms with E-state index >= 15 is 0 Å². The van der Waals surface area contributed by atoms with Crippen LogP contribution in [0.5, 0.6) is 0 Å². The fraction of sp³-hybridized carbons (Fsp3) is 0.714. The molecule has 0 unspecified atom stereocenters.